The number of piperidine rings is 1. The standard InChI is InChI=1S/C19H26F2N3O8P.2C6H14N2O2/c1-12(25)22-9-14-10-24(18(26)31-14)13-7-15(20)17(16(21)8-13)23-5-3-19(4-6-23,11-30-2)32-33(27,28)29;2*7-4-2-1-3-5(8)6(9)10/h7-8,14H,3-6,9-11H2,1-2H3,(H,22,25)(H2,27,28,29);2*5H,1-4,7-8H2,(H,9,10)/t14-;2*5-/m000/s1. The number of nitrogens with two attached hydrogens (primary N) is 2. The Hall–Kier alpha value is -3.53. The number of cyclic esters (lactones) is 1. The molecule has 0 spiro atoms. The summed E-state index contributed by atoms with van der Waals surface area (Å²) in [6, 6.07) is 1.06. The Kier molecular flexibility index (Phi) is 20.9. The maximum atomic E-state index is 14.9. The zero-order valence-corrected chi connectivity index (χ0v) is 31.0. The molecule has 304 valence electrons. The average Bonchev–Trinajstić information content (AvgIpc) is 3.44. The van der Waals surface area contributed by atoms with E-state index in [4.69, 9.17) is 35.7 Å². The highest BCUT2D eigenvalue weighted by Gasteiger charge is 2.39. The molecule has 0 radical (unpaired) electrons. The third kappa shape index (κ3) is 17.4. The van der Waals surface area contributed by atoms with Gasteiger partial charge in [0.15, 0.2) is 23.7 Å². The molecule has 3 rings (SSSR count). The van der Waals surface area contributed by atoms with Gasteiger partial charge in [-0.2, -0.15) is 0 Å². The quantitative estimate of drug-likeness (QED) is 0.0618. The summed E-state index contributed by atoms with van der Waals surface area (Å²) >= 11 is 0. The van der Waals surface area contributed by atoms with E-state index in [0.717, 1.165) is 42.7 Å². The van der Waals surface area contributed by atoms with Crippen LogP contribution in [0.5, 0.6) is 0 Å². The van der Waals surface area contributed by atoms with Crippen LogP contribution in [0.4, 0.5) is 25.0 Å². The molecule has 53 heavy (non-hydrogen) atoms. The zero-order chi connectivity index (χ0) is 40.4. The molecule has 0 bridgehead atoms. The Bertz CT molecular complexity index is 1340. The van der Waals surface area contributed by atoms with Gasteiger partial charge >= 0.3 is 18.0 Å². The Balaban J connectivity index is 0.000000575. The second-order valence-corrected chi connectivity index (χ2v) is 13.7. The molecule has 0 unspecified atom stereocenters. The van der Waals surface area contributed by atoms with Crippen LogP contribution in [-0.4, -0.2) is 111 Å². The molecule has 2 saturated heterocycles. The van der Waals surface area contributed by atoms with Crippen LogP contribution in [0.1, 0.15) is 58.3 Å². The van der Waals surface area contributed by atoms with Gasteiger partial charge in [-0.15, -0.1) is 0 Å². The number of methoxy groups -OCH3 is 1. The van der Waals surface area contributed by atoms with E-state index in [1.54, 1.807) is 0 Å². The van der Waals surface area contributed by atoms with Gasteiger partial charge in [-0.25, -0.2) is 23.2 Å². The van der Waals surface area contributed by atoms with E-state index in [9.17, 15) is 42.3 Å². The fourth-order valence-electron chi connectivity index (χ4n) is 5.32. The summed E-state index contributed by atoms with van der Waals surface area (Å²) in [6.07, 6.45) is 3.27. The van der Waals surface area contributed by atoms with Crippen LogP contribution in [0.3, 0.4) is 0 Å². The number of amides is 2. The fourth-order valence-corrected chi connectivity index (χ4v) is 6.03. The van der Waals surface area contributed by atoms with E-state index in [1.807, 2.05) is 0 Å². The summed E-state index contributed by atoms with van der Waals surface area (Å²) in [4.78, 5) is 68.2. The van der Waals surface area contributed by atoms with Crippen LogP contribution >= 0.6 is 7.82 Å². The normalized spacial score (nSPS) is 17.8. The SMILES string of the molecule is COCC1(OP(=O)([O-])[O-])CCN(c2c(F)cc(N3C[C@H](CNC(C)=O)OC3=O)cc2F)CC1.NCCCC[C@H]([NH3+])C(=O)O.NCCCC[C@H]([NH3+])C(=O)O. The maximum absolute atomic E-state index is 14.9. The number of benzene rings is 1. The van der Waals surface area contributed by atoms with E-state index in [-0.39, 0.29) is 62.9 Å². The van der Waals surface area contributed by atoms with Crippen molar-refractivity contribution < 1.29 is 78.0 Å². The second-order valence-electron chi connectivity index (χ2n) is 12.6. The highest BCUT2D eigenvalue weighted by molar-refractivity contribution is 7.43. The topological polar surface area (TPSA) is 325 Å². The van der Waals surface area contributed by atoms with Crippen molar-refractivity contribution in [2.45, 2.75) is 82.1 Å². The van der Waals surface area contributed by atoms with E-state index in [0.29, 0.717) is 25.9 Å². The number of phosphoric ester groups is 1. The number of carbonyl (C=O) groups excluding carboxylic acids is 2. The van der Waals surface area contributed by atoms with Crippen molar-refractivity contribution in [2.24, 2.45) is 11.5 Å². The minimum Gasteiger partial charge on any atom is -0.790 e. The fraction of sp³-hybridized carbons (Fsp3) is 0.677. The van der Waals surface area contributed by atoms with E-state index < -0.39 is 61.3 Å². The molecule has 2 fully saturated rings. The first-order valence-electron chi connectivity index (χ1n) is 17.0. The van der Waals surface area contributed by atoms with E-state index in [2.05, 4.69) is 16.8 Å². The predicted molar refractivity (Wildman–Crippen MR) is 182 cm³/mol. The number of quaternary nitrogens is 2. The molecular weight excluding hydrogens is 731 g/mol. The highest BCUT2D eigenvalue weighted by Crippen LogP contribution is 2.41. The largest absolute Gasteiger partial charge is 0.790 e. The number of carboxylic acids is 2. The van der Waals surface area contributed by atoms with Gasteiger partial charge in [-0.05, 0) is 51.6 Å². The van der Waals surface area contributed by atoms with Crippen molar-refractivity contribution in [1.29, 1.82) is 0 Å². The van der Waals surface area contributed by atoms with E-state index >= 15 is 0 Å². The van der Waals surface area contributed by atoms with Crippen LogP contribution in [0.2, 0.25) is 0 Å². The number of nitrogens with zero attached hydrogens (tertiary/aromatic N) is 2. The van der Waals surface area contributed by atoms with Crippen LogP contribution in [-0.2, 0) is 32.9 Å². The van der Waals surface area contributed by atoms with Gasteiger partial charge < -0.3 is 71.7 Å². The smallest absolute Gasteiger partial charge is 0.414 e. The molecule has 2 amide bonds. The van der Waals surface area contributed by atoms with Crippen molar-refractivity contribution in [3.63, 3.8) is 0 Å². The number of phosphoric acid groups is 1. The lowest BCUT2D eigenvalue weighted by atomic mass is 9.92. The Morgan fingerprint density at radius 1 is 1.04 bits per heavy atom. The number of rotatable bonds is 18. The number of aliphatic carboxylic acids is 2. The number of carboxylic acid groups (broad SMARTS) is 2. The first-order chi connectivity index (χ1) is 24.8. The Morgan fingerprint density at radius 3 is 1.92 bits per heavy atom. The lowest BCUT2D eigenvalue weighted by molar-refractivity contribution is -0.409. The average molecular weight is 786 g/mol. The molecule has 2 aliphatic rings. The number of unbranched alkanes of at least 4 members (excludes halogenated alkanes) is 2. The van der Waals surface area contributed by atoms with Gasteiger partial charge in [0.05, 0.1) is 38.8 Å². The minimum atomic E-state index is -5.30. The van der Waals surface area contributed by atoms with Gasteiger partial charge in [0.2, 0.25) is 5.91 Å². The minimum absolute atomic E-state index is 0.00108. The molecule has 1 aromatic carbocycles. The summed E-state index contributed by atoms with van der Waals surface area (Å²) in [7, 11) is -3.98. The molecule has 22 heteroatoms. The molecule has 0 saturated carbocycles. The molecule has 2 heterocycles. The summed E-state index contributed by atoms with van der Waals surface area (Å²) in [5, 5.41) is 19.3. The molecular formula is C31H54F2N7O12P. The summed E-state index contributed by atoms with van der Waals surface area (Å²) in [5.74, 6) is -3.81. The van der Waals surface area contributed by atoms with E-state index in [1.165, 1.54) is 18.9 Å². The van der Waals surface area contributed by atoms with Crippen LogP contribution in [0, 0.1) is 11.6 Å². The van der Waals surface area contributed by atoms with Crippen molar-refractivity contribution in [3.05, 3.63) is 23.8 Å². The van der Waals surface area contributed by atoms with Gasteiger partial charge in [0.25, 0.3) is 0 Å². The van der Waals surface area contributed by atoms with Crippen LogP contribution in [0.15, 0.2) is 12.1 Å². The predicted octanol–water partition coefficient (Wildman–Crippen LogP) is -2.12. The molecule has 3 atom stereocenters. The number of anilines is 2. The summed E-state index contributed by atoms with van der Waals surface area (Å²) < 4.78 is 55.8. The lowest BCUT2D eigenvalue weighted by Gasteiger charge is -2.46. The Labute approximate surface area is 306 Å². The first kappa shape index (κ1) is 47.5. The van der Waals surface area contributed by atoms with Crippen molar-refractivity contribution in [3.8, 4) is 0 Å². The molecule has 0 aromatic heterocycles. The summed E-state index contributed by atoms with van der Waals surface area (Å²) in [6.45, 7) is 2.47. The number of hydrogen-bond donors (Lipinski definition) is 7. The first-order valence-corrected chi connectivity index (χ1v) is 18.5. The van der Waals surface area contributed by atoms with Crippen LogP contribution < -0.4 is 47.8 Å². The number of carbonyl (C=O) groups is 4. The van der Waals surface area contributed by atoms with Crippen molar-refractivity contribution in [2.75, 3.05) is 62.8 Å². The molecule has 13 N–H and O–H groups in total. The maximum Gasteiger partial charge on any atom is 0.414 e. The number of halogens is 2. The monoisotopic (exact) mass is 785 g/mol. The third-order valence-corrected chi connectivity index (χ3v) is 8.79. The van der Waals surface area contributed by atoms with Gasteiger partial charge in [0, 0.05) is 52.1 Å². The van der Waals surface area contributed by atoms with Gasteiger partial charge in [-0.3, -0.25) is 9.69 Å². The number of ether oxygens (including phenoxy) is 2. The highest BCUT2D eigenvalue weighted by atomic mass is 31.2. The molecule has 2 aliphatic heterocycles. The second kappa shape index (κ2) is 23.3. The van der Waals surface area contributed by atoms with Crippen molar-refractivity contribution >= 4 is 43.1 Å². The van der Waals surface area contributed by atoms with Gasteiger partial charge in [0.1, 0.15) is 11.8 Å². The summed E-state index contributed by atoms with van der Waals surface area (Å²) in [5.41, 5.74) is 15.6. The third-order valence-electron chi connectivity index (χ3n) is 8.18. The molecule has 1 aromatic rings. The van der Waals surface area contributed by atoms with Crippen LogP contribution in [0.25, 0.3) is 0 Å². The lowest BCUT2D eigenvalue weighted by Crippen LogP contribution is -2.64. The molecule has 0 aliphatic carbocycles. The zero-order valence-electron chi connectivity index (χ0n) is 30.1. The molecule has 19 nitrogen and oxygen atoms in total. The van der Waals surface area contributed by atoms with Gasteiger partial charge in [-0.1, -0.05) is 0 Å². The Morgan fingerprint density at radius 2 is 1.53 bits per heavy atom. The number of nitrogens with one attached hydrogen (secondary N) is 1. The number of hydrogen-bond acceptors (Lipinski definition) is 13. The van der Waals surface area contributed by atoms with Crippen molar-refractivity contribution in [1.82, 2.24) is 5.32 Å².